The maximum Gasteiger partial charge on any atom is 0.251 e. The molecule has 2 heterocycles. The van der Waals surface area contributed by atoms with E-state index in [1.165, 1.54) is 0 Å². The first-order chi connectivity index (χ1) is 12.9. The fraction of sp³-hybridized carbons (Fsp3) is 0.474. The Bertz CT molecular complexity index is 985. The molecule has 0 radical (unpaired) electrons. The van der Waals surface area contributed by atoms with Gasteiger partial charge in [-0.2, -0.15) is 0 Å². The summed E-state index contributed by atoms with van der Waals surface area (Å²) in [6.07, 6.45) is 1.80. The maximum atomic E-state index is 12.6. The molecule has 0 aliphatic heterocycles. The largest absolute Gasteiger partial charge is 0.349 e. The van der Waals surface area contributed by atoms with Gasteiger partial charge in [0.1, 0.15) is 11.6 Å². The third-order valence-electron chi connectivity index (χ3n) is 5.05. The van der Waals surface area contributed by atoms with Gasteiger partial charge in [0.25, 0.3) is 5.91 Å². The van der Waals surface area contributed by atoms with Crippen molar-refractivity contribution in [3.05, 3.63) is 40.4 Å². The zero-order valence-corrected chi connectivity index (χ0v) is 16.9. The second-order valence-corrected chi connectivity index (χ2v) is 8.76. The highest BCUT2D eigenvalue weighted by Crippen LogP contribution is 2.36. The summed E-state index contributed by atoms with van der Waals surface area (Å²) < 4.78 is 3.20. The van der Waals surface area contributed by atoms with Crippen LogP contribution in [0.2, 0.25) is 0 Å². The zero-order valence-electron chi connectivity index (χ0n) is 16.1. The lowest BCUT2D eigenvalue weighted by molar-refractivity contribution is 0.0907. The minimum absolute atomic E-state index is 0.0303. The van der Waals surface area contributed by atoms with Crippen molar-refractivity contribution in [1.82, 2.24) is 30.0 Å². The van der Waals surface area contributed by atoms with Crippen LogP contribution in [0.5, 0.6) is 0 Å². The molecule has 2 aromatic heterocycles. The summed E-state index contributed by atoms with van der Waals surface area (Å²) in [6, 6.07) is 5.91. The second-order valence-electron chi connectivity index (χ2n) is 7.53. The van der Waals surface area contributed by atoms with E-state index in [2.05, 4.69) is 30.0 Å². The van der Waals surface area contributed by atoms with Crippen molar-refractivity contribution in [2.45, 2.75) is 38.3 Å². The molecule has 1 aromatic carbocycles. The molecule has 0 unspecified atom stereocenters. The average molecular weight is 385 g/mol. The Hall–Kier alpha value is -2.32. The minimum Gasteiger partial charge on any atom is -0.349 e. The highest BCUT2D eigenvalue weighted by Gasteiger charge is 2.35. The van der Waals surface area contributed by atoms with Gasteiger partial charge in [-0.1, -0.05) is 0 Å². The Morgan fingerprint density at radius 1 is 1.33 bits per heavy atom. The molecule has 1 fully saturated rings. The van der Waals surface area contributed by atoms with Gasteiger partial charge in [0.05, 0.1) is 21.8 Å². The maximum absolute atomic E-state index is 12.6. The van der Waals surface area contributed by atoms with E-state index >= 15 is 0 Å². The molecule has 1 aliphatic rings. The number of nitrogens with one attached hydrogen (secondary N) is 1. The number of carbonyl (C=O) groups excluding carboxylic acids is 1. The van der Waals surface area contributed by atoms with E-state index in [1.54, 1.807) is 11.3 Å². The number of nitrogens with zero attached hydrogens (tertiary/aromatic N) is 5. The molecule has 0 spiro atoms. The van der Waals surface area contributed by atoms with Crippen LogP contribution in [-0.4, -0.2) is 50.7 Å². The number of hydrogen-bond donors (Lipinski definition) is 1. The highest BCUT2D eigenvalue weighted by atomic mass is 32.1. The van der Waals surface area contributed by atoms with Crippen molar-refractivity contribution in [2.75, 3.05) is 14.1 Å². The Balaban J connectivity index is 1.37. The van der Waals surface area contributed by atoms with Gasteiger partial charge in [0, 0.05) is 24.6 Å². The van der Waals surface area contributed by atoms with Gasteiger partial charge < -0.3 is 14.8 Å². The third-order valence-corrected chi connectivity index (χ3v) is 6.00. The zero-order chi connectivity index (χ0) is 19.1. The molecule has 142 valence electrons. The van der Waals surface area contributed by atoms with E-state index in [1.807, 2.05) is 46.3 Å². The van der Waals surface area contributed by atoms with Crippen molar-refractivity contribution in [3.8, 4) is 0 Å². The number of thiazole rings is 1. The lowest BCUT2D eigenvalue weighted by Gasteiger charge is -2.35. The van der Waals surface area contributed by atoms with Gasteiger partial charge in [0.2, 0.25) is 0 Å². The van der Waals surface area contributed by atoms with Gasteiger partial charge in [0.15, 0.2) is 0 Å². The first kappa shape index (κ1) is 18.1. The molecule has 1 N–H and O–H groups in total. The van der Waals surface area contributed by atoms with Crippen LogP contribution in [0.15, 0.2) is 18.2 Å². The third kappa shape index (κ3) is 3.59. The van der Waals surface area contributed by atoms with E-state index in [-0.39, 0.29) is 11.9 Å². The van der Waals surface area contributed by atoms with E-state index < -0.39 is 0 Å². The van der Waals surface area contributed by atoms with Crippen molar-refractivity contribution in [1.29, 1.82) is 0 Å². The molecule has 1 aliphatic carbocycles. The van der Waals surface area contributed by atoms with Gasteiger partial charge in [-0.15, -0.1) is 21.5 Å². The fourth-order valence-electron chi connectivity index (χ4n) is 3.55. The molecule has 7 nitrogen and oxygen atoms in total. The Labute approximate surface area is 162 Å². The Kier molecular flexibility index (Phi) is 4.69. The van der Waals surface area contributed by atoms with Crippen molar-refractivity contribution >= 4 is 27.5 Å². The number of amides is 1. The standard InChI is InChI=1S/C19H24N6OS/c1-11-20-15-9-12(5-6-16(15)27-11)19(26)21-14-7-13(8-14)18-23-22-17(25(18)4)10-24(2)3/h5-6,9,13-14H,7-8,10H2,1-4H3,(H,21,26). The SMILES string of the molecule is Cc1nc2cc(C(=O)NC3CC(c4nnc(CN(C)C)n4C)C3)ccc2s1. The normalized spacial score (nSPS) is 19.4. The van der Waals surface area contributed by atoms with Gasteiger partial charge in [-0.05, 0) is 52.1 Å². The smallest absolute Gasteiger partial charge is 0.251 e. The molecule has 0 atom stereocenters. The molecule has 4 rings (SSSR count). The Morgan fingerprint density at radius 3 is 2.85 bits per heavy atom. The van der Waals surface area contributed by atoms with Crippen LogP contribution in [0, 0.1) is 6.92 Å². The predicted molar refractivity (Wildman–Crippen MR) is 106 cm³/mol. The fourth-order valence-corrected chi connectivity index (χ4v) is 4.36. The highest BCUT2D eigenvalue weighted by molar-refractivity contribution is 7.18. The van der Waals surface area contributed by atoms with Crippen molar-refractivity contribution in [3.63, 3.8) is 0 Å². The summed E-state index contributed by atoms with van der Waals surface area (Å²) in [6.45, 7) is 2.75. The summed E-state index contributed by atoms with van der Waals surface area (Å²) in [5, 5.41) is 12.8. The van der Waals surface area contributed by atoms with Crippen LogP contribution >= 0.6 is 11.3 Å². The van der Waals surface area contributed by atoms with Crippen molar-refractivity contribution in [2.24, 2.45) is 7.05 Å². The summed E-state index contributed by atoms with van der Waals surface area (Å²) in [5.41, 5.74) is 1.56. The average Bonchev–Trinajstić information content (AvgIpc) is 3.11. The Morgan fingerprint density at radius 2 is 2.11 bits per heavy atom. The van der Waals surface area contributed by atoms with E-state index in [9.17, 15) is 4.79 Å². The summed E-state index contributed by atoms with van der Waals surface area (Å²) in [4.78, 5) is 19.1. The van der Waals surface area contributed by atoms with Crippen LogP contribution in [0.3, 0.4) is 0 Å². The molecule has 8 heteroatoms. The van der Waals surface area contributed by atoms with E-state index in [4.69, 9.17) is 0 Å². The predicted octanol–water partition coefficient (Wildman–Crippen LogP) is 2.47. The molecular weight excluding hydrogens is 360 g/mol. The summed E-state index contributed by atoms with van der Waals surface area (Å²) in [7, 11) is 6.06. The molecule has 0 saturated heterocycles. The second kappa shape index (κ2) is 7.01. The number of benzene rings is 1. The first-order valence-electron chi connectivity index (χ1n) is 9.11. The van der Waals surface area contributed by atoms with Gasteiger partial charge in [-0.3, -0.25) is 4.79 Å². The minimum atomic E-state index is -0.0303. The first-order valence-corrected chi connectivity index (χ1v) is 9.93. The van der Waals surface area contributed by atoms with E-state index in [0.29, 0.717) is 11.5 Å². The molecule has 3 aromatic rings. The number of carbonyl (C=O) groups is 1. The summed E-state index contributed by atoms with van der Waals surface area (Å²) >= 11 is 1.65. The van der Waals surface area contributed by atoms with Crippen LogP contribution in [0.4, 0.5) is 0 Å². The molecule has 0 bridgehead atoms. The number of fused-ring (bicyclic) bond motifs is 1. The monoisotopic (exact) mass is 384 g/mol. The molecule has 27 heavy (non-hydrogen) atoms. The molecule has 1 saturated carbocycles. The topological polar surface area (TPSA) is 75.9 Å². The quantitative estimate of drug-likeness (QED) is 0.731. The summed E-state index contributed by atoms with van der Waals surface area (Å²) in [5.74, 6) is 2.30. The van der Waals surface area contributed by atoms with Crippen LogP contribution < -0.4 is 5.32 Å². The van der Waals surface area contributed by atoms with E-state index in [0.717, 1.165) is 46.3 Å². The number of rotatable bonds is 5. The van der Waals surface area contributed by atoms with Crippen molar-refractivity contribution < 1.29 is 4.79 Å². The lowest BCUT2D eigenvalue weighted by atomic mass is 9.79. The van der Waals surface area contributed by atoms with Gasteiger partial charge >= 0.3 is 0 Å². The molecular formula is C19H24N6OS. The number of aryl methyl sites for hydroxylation is 1. The van der Waals surface area contributed by atoms with Crippen LogP contribution in [-0.2, 0) is 13.6 Å². The van der Waals surface area contributed by atoms with Gasteiger partial charge in [-0.25, -0.2) is 4.98 Å². The molecule has 1 amide bonds. The van der Waals surface area contributed by atoms with Crippen LogP contribution in [0.25, 0.3) is 10.2 Å². The lowest BCUT2D eigenvalue weighted by Crippen LogP contribution is -2.44. The number of aromatic nitrogens is 4. The number of hydrogen-bond acceptors (Lipinski definition) is 6. The van der Waals surface area contributed by atoms with Crippen LogP contribution in [0.1, 0.15) is 45.8 Å².